The number of nitrogen functional groups attached to an aromatic ring is 2. The standard InChI is InChI=1S/C18H21N5O3S/c19-15-9-16(20)22-18(21-15)27-10-17(24)23-5-1-2-12(23)11-3-4-13-14(8-11)26-7-6-25-13/h3-4,8-9,12H,1-2,5-7,10H2,(H4,19,20,21,22). The van der Waals surface area contributed by atoms with Crippen LogP contribution in [0.4, 0.5) is 11.6 Å². The third-order valence-corrected chi connectivity index (χ3v) is 5.43. The van der Waals surface area contributed by atoms with Crippen molar-refractivity contribution in [2.45, 2.75) is 24.0 Å². The van der Waals surface area contributed by atoms with Gasteiger partial charge in [0.15, 0.2) is 16.7 Å². The van der Waals surface area contributed by atoms with Gasteiger partial charge in [-0.05, 0) is 30.5 Å². The van der Waals surface area contributed by atoms with Crippen molar-refractivity contribution in [1.82, 2.24) is 14.9 Å². The molecule has 8 nitrogen and oxygen atoms in total. The third-order valence-electron chi connectivity index (χ3n) is 4.59. The van der Waals surface area contributed by atoms with E-state index in [0.29, 0.717) is 30.0 Å². The second-order valence-corrected chi connectivity index (χ2v) is 7.38. The number of amides is 1. The number of likely N-dealkylation sites (tertiary alicyclic amines) is 1. The molecule has 1 atom stereocenters. The van der Waals surface area contributed by atoms with Gasteiger partial charge in [-0.25, -0.2) is 9.97 Å². The summed E-state index contributed by atoms with van der Waals surface area (Å²) in [5.74, 6) is 2.38. The molecule has 2 aromatic rings. The fourth-order valence-electron chi connectivity index (χ4n) is 3.41. The van der Waals surface area contributed by atoms with Gasteiger partial charge in [0.25, 0.3) is 0 Å². The number of hydrogen-bond acceptors (Lipinski definition) is 8. The number of ether oxygens (including phenoxy) is 2. The van der Waals surface area contributed by atoms with Gasteiger partial charge in [-0.1, -0.05) is 17.8 Å². The Bertz CT molecular complexity index is 843. The van der Waals surface area contributed by atoms with Crippen LogP contribution in [0.3, 0.4) is 0 Å². The molecule has 142 valence electrons. The maximum absolute atomic E-state index is 12.8. The zero-order chi connectivity index (χ0) is 18.8. The summed E-state index contributed by atoms with van der Waals surface area (Å²) in [7, 11) is 0. The SMILES string of the molecule is Nc1cc(N)nc(SCC(=O)N2CCCC2c2ccc3c(c2)OCCO3)n1. The van der Waals surface area contributed by atoms with Gasteiger partial charge in [0.05, 0.1) is 11.8 Å². The molecule has 1 unspecified atom stereocenters. The first kappa shape index (κ1) is 17.7. The molecule has 1 aromatic heterocycles. The predicted molar refractivity (Wildman–Crippen MR) is 103 cm³/mol. The summed E-state index contributed by atoms with van der Waals surface area (Å²) in [6.45, 7) is 1.84. The minimum absolute atomic E-state index is 0.0424. The average Bonchev–Trinajstić information content (AvgIpc) is 3.15. The van der Waals surface area contributed by atoms with Gasteiger partial charge in [0.1, 0.15) is 24.8 Å². The molecular formula is C18H21N5O3S. The molecule has 1 aromatic carbocycles. The Morgan fingerprint density at radius 3 is 2.67 bits per heavy atom. The molecule has 4 N–H and O–H groups in total. The van der Waals surface area contributed by atoms with Crippen molar-refractivity contribution < 1.29 is 14.3 Å². The smallest absolute Gasteiger partial charge is 0.233 e. The Labute approximate surface area is 161 Å². The second-order valence-electron chi connectivity index (χ2n) is 6.44. The highest BCUT2D eigenvalue weighted by Crippen LogP contribution is 2.38. The zero-order valence-electron chi connectivity index (χ0n) is 14.8. The summed E-state index contributed by atoms with van der Waals surface area (Å²) in [5.41, 5.74) is 12.4. The largest absolute Gasteiger partial charge is 0.486 e. The lowest BCUT2D eigenvalue weighted by atomic mass is 10.0. The second kappa shape index (κ2) is 7.51. The summed E-state index contributed by atoms with van der Waals surface area (Å²) in [6.07, 6.45) is 1.90. The number of carbonyl (C=O) groups excluding carboxylic acids is 1. The van der Waals surface area contributed by atoms with E-state index in [2.05, 4.69) is 9.97 Å². The van der Waals surface area contributed by atoms with Gasteiger partial charge in [-0.3, -0.25) is 4.79 Å². The number of rotatable bonds is 4. The fourth-order valence-corrected chi connectivity index (χ4v) is 4.17. The van der Waals surface area contributed by atoms with Crippen LogP contribution in [0.15, 0.2) is 29.4 Å². The van der Waals surface area contributed by atoms with Gasteiger partial charge in [-0.2, -0.15) is 0 Å². The number of aromatic nitrogens is 2. The van der Waals surface area contributed by atoms with E-state index < -0.39 is 0 Å². The first-order valence-corrected chi connectivity index (χ1v) is 9.80. The molecule has 2 aliphatic rings. The van der Waals surface area contributed by atoms with Crippen molar-refractivity contribution in [1.29, 1.82) is 0 Å². The van der Waals surface area contributed by atoms with Crippen LogP contribution in [-0.2, 0) is 4.79 Å². The monoisotopic (exact) mass is 387 g/mol. The number of fused-ring (bicyclic) bond motifs is 1. The van der Waals surface area contributed by atoms with Crippen molar-refractivity contribution in [3.05, 3.63) is 29.8 Å². The van der Waals surface area contributed by atoms with Crippen molar-refractivity contribution in [2.24, 2.45) is 0 Å². The van der Waals surface area contributed by atoms with Crippen LogP contribution in [0.25, 0.3) is 0 Å². The minimum Gasteiger partial charge on any atom is -0.486 e. The minimum atomic E-state index is 0.0424. The van der Waals surface area contributed by atoms with Gasteiger partial charge < -0.3 is 25.8 Å². The van der Waals surface area contributed by atoms with Gasteiger partial charge >= 0.3 is 0 Å². The van der Waals surface area contributed by atoms with Gasteiger partial charge in [-0.15, -0.1) is 0 Å². The molecule has 0 bridgehead atoms. The lowest BCUT2D eigenvalue weighted by molar-refractivity contribution is -0.129. The van der Waals surface area contributed by atoms with Crippen LogP contribution >= 0.6 is 11.8 Å². The van der Waals surface area contributed by atoms with Gasteiger partial charge in [0.2, 0.25) is 5.91 Å². The number of thioether (sulfide) groups is 1. The number of nitrogens with two attached hydrogens (primary N) is 2. The summed E-state index contributed by atoms with van der Waals surface area (Å²) in [4.78, 5) is 22.9. The molecule has 4 rings (SSSR count). The van der Waals surface area contributed by atoms with E-state index in [1.165, 1.54) is 17.8 Å². The summed E-state index contributed by atoms with van der Waals surface area (Å²) in [6, 6.07) is 7.45. The number of anilines is 2. The van der Waals surface area contributed by atoms with Crippen LogP contribution in [-0.4, -0.2) is 46.3 Å². The van der Waals surface area contributed by atoms with Crippen LogP contribution in [0.2, 0.25) is 0 Å². The van der Waals surface area contributed by atoms with Crippen molar-refractivity contribution in [3.8, 4) is 11.5 Å². The number of benzene rings is 1. The molecule has 2 aliphatic heterocycles. The van der Waals surface area contributed by atoms with Crippen molar-refractivity contribution >= 4 is 29.3 Å². The Morgan fingerprint density at radius 1 is 1.15 bits per heavy atom. The van der Waals surface area contributed by atoms with Crippen molar-refractivity contribution in [3.63, 3.8) is 0 Å². The molecule has 1 saturated heterocycles. The van der Waals surface area contributed by atoms with E-state index in [1.54, 1.807) is 0 Å². The quantitative estimate of drug-likeness (QED) is 0.603. The van der Waals surface area contributed by atoms with Gasteiger partial charge in [0, 0.05) is 12.6 Å². The third kappa shape index (κ3) is 3.87. The molecule has 0 spiro atoms. The number of nitrogens with zero attached hydrogens (tertiary/aromatic N) is 3. The highest BCUT2D eigenvalue weighted by atomic mass is 32.2. The summed E-state index contributed by atoms with van der Waals surface area (Å²) < 4.78 is 11.3. The van der Waals surface area contributed by atoms with E-state index in [9.17, 15) is 4.79 Å². The zero-order valence-corrected chi connectivity index (χ0v) is 15.6. The normalized spacial score (nSPS) is 18.5. The van der Waals surface area contributed by atoms with Crippen LogP contribution in [0, 0.1) is 0 Å². The number of carbonyl (C=O) groups is 1. The molecule has 27 heavy (non-hydrogen) atoms. The van der Waals surface area contributed by atoms with E-state index in [1.807, 2.05) is 23.1 Å². The molecule has 1 fully saturated rings. The average molecular weight is 387 g/mol. The highest BCUT2D eigenvalue weighted by Gasteiger charge is 2.31. The Kier molecular flexibility index (Phi) is 4.93. The predicted octanol–water partition coefficient (Wildman–Crippen LogP) is 1.87. The number of hydrogen-bond donors (Lipinski definition) is 2. The van der Waals surface area contributed by atoms with E-state index in [4.69, 9.17) is 20.9 Å². The molecule has 1 amide bonds. The van der Waals surface area contributed by atoms with E-state index in [-0.39, 0.29) is 17.7 Å². The molecule has 0 radical (unpaired) electrons. The topological polar surface area (TPSA) is 117 Å². The lowest BCUT2D eigenvalue weighted by Crippen LogP contribution is -2.32. The first-order chi connectivity index (χ1) is 13.1. The fraction of sp³-hybridized carbons (Fsp3) is 0.389. The lowest BCUT2D eigenvalue weighted by Gasteiger charge is -2.26. The molecule has 0 saturated carbocycles. The Hall–Kier alpha value is -2.68. The summed E-state index contributed by atoms with van der Waals surface area (Å²) >= 11 is 1.25. The Morgan fingerprint density at radius 2 is 1.89 bits per heavy atom. The maximum atomic E-state index is 12.8. The van der Waals surface area contributed by atoms with Crippen LogP contribution < -0.4 is 20.9 Å². The van der Waals surface area contributed by atoms with Crippen LogP contribution in [0.1, 0.15) is 24.4 Å². The summed E-state index contributed by atoms with van der Waals surface area (Å²) in [5, 5.41) is 0.413. The molecule has 9 heteroatoms. The highest BCUT2D eigenvalue weighted by molar-refractivity contribution is 7.99. The maximum Gasteiger partial charge on any atom is 0.233 e. The first-order valence-electron chi connectivity index (χ1n) is 8.82. The van der Waals surface area contributed by atoms with E-state index in [0.717, 1.165) is 36.4 Å². The van der Waals surface area contributed by atoms with Crippen molar-refractivity contribution in [2.75, 3.05) is 37.0 Å². The Balaban J connectivity index is 1.45. The molecule has 3 heterocycles. The molecular weight excluding hydrogens is 366 g/mol. The van der Waals surface area contributed by atoms with Crippen LogP contribution in [0.5, 0.6) is 11.5 Å². The molecule has 0 aliphatic carbocycles. The van der Waals surface area contributed by atoms with E-state index >= 15 is 0 Å².